The minimum Gasteiger partial charge on any atom is -0.374 e. The monoisotopic (exact) mass is 306 g/mol. The first-order valence-corrected chi connectivity index (χ1v) is 8.66. The van der Waals surface area contributed by atoms with Crippen LogP contribution in [0.2, 0.25) is 5.02 Å². The fraction of sp³-hybridized carbons (Fsp3) is 0.667. The highest BCUT2D eigenvalue weighted by atomic mass is 35.5. The Bertz CT molecular complexity index is 500. The zero-order chi connectivity index (χ0) is 15.0. The SMILES string of the molecule is CC(N)Cc1ccc(Cl)cc1N(C)CC1CC2CCC1C2. The van der Waals surface area contributed by atoms with Gasteiger partial charge in [0.2, 0.25) is 0 Å². The lowest BCUT2D eigenvalue weighted by Crippen LogP contribution is -2.30. The second-order valence-electron chi connectivity index (χ2n) is 7.27. The van der Waals surface area contributed by atoms with Crippen molar-refractivity contribution in [1.82, 2.24) is 0 Å². The Morgan fingerprint density at radius 2 is 2.14 bits per heavy atom. The Morgan fingerprint density at radius 1 is 1.33 bits per heavy atom. The Labute approximate surface area is 133 Å². The summed E-state index contributed by atoms with van der Waals surface area (Å²) in [4.78, 5) is 2.41. The molecule has 2 saturated carbocycles. The molecular weight excluding hydrogens is 280 g/mol. The molecule has 0 radical (unpaired) electrons. The van der Waals surface area contributed by atoms with Crippen molar-refractivity contribution in [2.24, 2.45) is 23.5 Å². The zero-order valence-electron chi connectivity index (χ0n) is 13.2. The van der Waals surface area contributed by atoms with Crippen LogP contribution in [0.4, 0.5) is 5.69 Å². The summed E-state index contributed by atoms with van der Waals surface area (Å²) in [6.07, 6.45) is 6.73. The lowest BCUT2D eigenvalue weighted by Gasteiger charge is -2.30. The van der Waals surface area contributed by atoms with Crippen molar-refractivity contribution in [3.8, 4) is 0 Å². The minimum atomic E-state index is 0.181. The molecule has 2 aliphatic rings. The van der Waals surface area contributed by atoms with E-state index in [1.807, 2.05) is 6.07 Å². The van der Waals surface area contributed by atoms with Crippen LogP contribution in [0.15, 0.2) is 18.2 Å². The first kappa shape index (κ1) is 15.2. The highest BCUT2D eigenvalue weighted by Gasteiger charge is 2.39. The molecule has 0 heterocycles. The molecule has 116 valence electrons. The average molecular weight is 307 g/mol. The molecule has 4 atom stereocenters. The van der Waals surface area contributed by atoms with Crippen molar-refractivity contribution in [3.05, 3.63) is 28.8 Å². The van der Waals surface area contributed by atoms with Crippen molar-refractivity contribution in [3.63, 3.8) is 0 Å². The number of hydrogen-bond donors (Lipinski definition) is 1. The number of halogens is 1. The maximum Gasteiger partial charge on any atom is 0.0426 e. The molecule has 2 fully saturated rings. The van der Waals surface area contributed by atoms with Crippen LogP contribution in [0.3, 0.4) is 0 Å². The highest BCUT2D eigenvalue weighted by molar-refractivity contribution is 6.30. The maximum absolute atomic E-state index is 6.22. The second-order valence-corrected chi connectivity index (χ2v) is 7.71. The first-order valence-electron chi connectivity index (χ1n) is 8.28. The second kappa shape index (κ2) is 6.18. The van der Waals surface area contributed by atoms with E-state index in [2.05, 4.69) is 31.0 Å². The molecule has 4 unspecified atom stereocenters. The number of fused-ring (bicyclic) bond motifs is 2. The molecule has 1 aromatic rings. The summed E-state index contributed by atoms with van der Waals surface area (Å²) in [6, 6.07) is 6.40. The number of nitrogens with two attached hydrogens (primary N) is 1. The van der Waals surface area contributed by atoms with Crippen molar-refractivity contribution < 1.29 is 0 Å². The molecular formula is C18H27ClN2. The van der Waals surface area contributed by atoms with E-state index in [1.54, 1.807) is 0 Å². The van der Waals surface area contributed by atoms with Gasteiger partial charge in [0, 0.05) is 30.3 Å². The summed E-state index contributed by atoms with van der Waals surface area (Å²) < 4.78 is 0. The smallest absolute Gasteiger partial charge is 0.0426 e. The van der Waals surface area contributed by atoms with Gasteiger partial charge in [-0.25, -0.2) is 0 Å². The normalized spacial score (nSPS) is 28.9. The van der Waals surface area contributed by atoms with Crippen LogP contribution in [0, 0.1) is 17.8 Å². The fourth-order valence-corrected chi connectivity index (χ4v) is 4.63. The first-order chi connectivity index (χ1) is 10.0. The van der Waals surface area contributed by atoms with E-state index < -0.39 is 0 Å². The minimum absolute atomic E-state index is 0.181. The summed E-state index contributed by atoms with van der Waals surface area (Å²) >= 11 is 6.22. The summed E-state index contributed by atoms with van der Waals surface area (Å²) in [5.74, 6) is 2.85. The van der Waals surface area contributed by atoms with Crippen LogP contribution in [0.25, 0.3) is 0 Å². The van der Waals surface area contributed by atoms with Gasteiger partial charge in [0.1, 0.15) is 0 Å². The zero-order valence-corrected chi connectivity index (χ0v) is 13.9. The summed E-state index contributed by atoms with van der Waals surface area (Å²) in [7, 11) is 2.21. The van der Waals surface area contributed by atoms with Gasteiger partial charge in [-0.2, -0.15) is 0 Å². The molecule has 3 heteroatoms. The molecule has 2 bridgehead atoms. The van der Waals surface area contributed by atoms with E-state index in [-0.39, 0.29) is 6.04 Å². The van der Waals surface area contributed by atoms with E-state index in [1.165, 1.54) is 36.9 Å². The van der Waals surface area contributed by atoms with E-state index in [4.69, 9.17) is 17.3 Å². The van der Waals surface area contributed by atoms with Gasteiger partial charge in [-0.05, 0) is 68.1 Å². The van der Waals surface area contributed by atoms with Gasteiger partial charge in [-0.1, -0.05) is 24.1 Å². The summed E-state index contributed by atoms with van der Waals surface area (Å²) in [5, 5.41) is 0.818. The van der Waals surface area contributed by atoms with Crippen LogP contribution in [0.5, 0.6) is 0 Å². The van der Waals surface area contributed by atoms with Gasteiger partial charge < -0.3 is 10.6 Å². The number of benzene rings is 1. The van der Waals surface area contributed by atoms with Gasteiger partial charge >= 0.3 is 0 Å². The van der Waals surface area contributed by atoms with Crippen LogP contribution < -0.4 is 10.6 Å². The van der Waals surface area contributed by atoms with Crippen LogP contribution in [-0.4, -0.2) is 19.6 Å². The third kappa shape index (κ3) is 3.37. The van der Waals surface area contributed by atoms with Crippen LogP contribution in [0.1, 0.15) is 38.2 Å². The Hall–Kier alpha value is -0.730. The molecule has 0 amide bonds. The van der Waals surface area contributed by atoms with Crippen LogP contribution >= 0.6 is 11.6 Å². The lowest BCUT2D eigenvalue weighted by atomic mass is 9.88. The molecule has 0 aromatic heterocycles. The molecule has 0 aliphatic heterocycles. The molecule has 0 spiro atoms. The Morgan fingerprint density at radius 3 is 2.76 bits per heavy atom. The summed E-state index contributed by atoms with van der Waals surface area (Å²) in [6.45, 7) is 3.22. The van der Waals surface area contributed by atoms with E-state index in [0.717, 1.165) is 35.7 Å². The Balaban J connectivity index is 1.73. The largest absolute Gasteiger partial charge is 0.374 e. The predicted octanol–water partition coefficient (Wildman–Crippen LogP) is 4.10. The van der Waals surface area contributed by atoms with Crippen molar-refractivity contribution in [1.29, 1.82) is 0 Å². The molecule has 0 saturated heterocycles. The number of nitrogens with zero attached hydrogens (tertiary/aromatic N) is 1. The standard InChI is InChI=1S/C18H27ClN2/c1-12(20)7-15-5-6-17(19)10-18(15)21(2)11-16-9-13-3-4-14(16)8-13/h5-6,10,12-14,16H,3-4,7-9,11,20H2,1-2H3. The molecule has 21 heavy (non-hydrogen) atoms. The number of hydrogen-bond acceptors (Lipinski definition) is 2. The Kier molecular flexibility index (Phi) is 4.46. The van der Waals surface area contributed by atoms with Gasteiger partial charge in [0.15, 0.2) is 0 Å². The molecule has 2 N–H and O–H groups in total. The van der Waals surface area contributed by atoms with E-state index in [0.29, 0.717) is 0 Å². The maximum atomic E-state index is 6.22. The molecule has 2 nitrogen and oxygen atoms in total. The van der Waals surface area contributed by atoms with Crippen molar-refractivity contribution in [2.75, 3.05) is 18.5 Å². The average Bonchev–Trinajstić information content (AvgIpc) is 3.02. The van der Waals surface area contributed by atoms with Gasteiger partial charge in [0.25, 0.3) is 0 Å². The predicted molar refractivity (Wildman–Crippen MR) is 91.0 cm³/mol. The van der Waals surface area contributed by atoms with Crippen LogP contribution in [-0.2, 0) is 6.42 Å². The topological polar surface area (TPSA) is 29.3 Å². The number of rotatable bonds is 5. The third-order valence-corrected chi connectivity index (χ3v) is 5.63. The van der Waals surface area contributed by atoms with E-state index >= 15 is 0 Å². The lowest BCUT2D eigenvalue weighted by molar-refractivity contribution is 0.337. The van der Waals surface area contributed by atoms with E-state index in [9.17, 15) is 0 Å². The third-order valence-electron chi connectivity index (χ3n) is 5.39. The molecule has 3 rings (SSSR count). The fourth-order valence-electron chi connectivity index (χ4n) is 4.46. The molecule has 2 aliphatic carbocycles. The molecule has 1 aromatic carbocycles. The van der Waals surface area contributed by atoms with Crippen molar-refractivity contribution in [2.45, 2.75) is 45.1 Å². The van der Waals surface area contributed by atoms with Gasteiger partial charge in [0.05, 0.1) is 0 Å². The number of anilines is 1. The highest BCUT2D eigenvalue weighted by Crippen LogP contribution is 2.48. The summed E-state index contributed by atoms with van der Waals surface area (Å²) in [5.41, 5.74) is 8.58. The van der Waals surface area contributed by atoms with Gasteiger partial charge in [-0.3, -0.25) is 0 Å². The van der Waals surface area contributed by atoms with Gasteiger partial charge in [-0.15, -0.1) is 0 Å². The quantitative estimate of drug-likeness (QED) is 0.887. The van der Waals surface area contributed by atoms with Crippen molar-refractivity contribution >= 4 is 17.3 Å².